The highest BCUT2D eigenvalue weighted by Crippen LogP contribution is 2.37. The van der Waals surface area contributed by atoms with Crippen LogP contribution >= 0.6 is 0 Å². The summed E-state index contributed by atoms with van der Waals surface area (Å²) >= 11 is 0. The number of hydrogen-bond acceptors (Lipinski definition) is 2. The third-order valence-electron chi connectivity index (χ3n) is 3.02. The second-order valence-corrected chi connectivity index (χ2v) is 3.78. The Morgan fingerprint density at radius 1 is 1.40 bits per heavy atom. The Morgan fingerprint density at radius 3 is 2.60 bits per heavy atom. The van der Waals surface area contributed by atoms with Crippen molar-refractivity contribution < 1.29 is 13.9 Å². The normalized spacial score (nSPS) is 26.4. The number of rotatable bonds is 2. The molecule has 0 radical (unpaired) electrons. The maximum absolute atomic E-state index is 13.0. The summed E-state index contributed by atoms with van der Waals surface area (Å²) in [5.41, 5.74) is -0.682. The summed E-state index contributed by atoms with van der Waals surface area (Å²) in [5.74, 6) is -1.80. The molecule has 1 atom stereocenters. The van der Waals surface area contributed by atoms with E-state index >= 15 is 0 Å². The van der Waals surface area contributed by atoms with E-state index in [-0.39, 0.29) is 0 Å². The van der Waals surface area contributed by atoms with Crippen molar-refractivity contribution in [1.82, 2.24) is 4.90 Å². The van der Waals surface area contributed by atoms with Gasteiger partial charge in [-0.1, -0.05) is 13.0 Å². The molecule has 0 saturated carbocycles. The van der Waals surface area contributed by atoms with Crippen molar-refractivity contribution in [3.8, 4) is 0 Å². The monoisotopic (exact) mass is 213 g/mol. The van der Waals surface area contributed by atoms with Gasteiger partial charge in [0.2, 0.25) is 0 Å². The smallest absolute Gasteiger partial charge is 0.159 e. The van der Waals surface area contributed by atoms with E-state index in [1.165, 1.54) is 6.07 Å². The van der Waals surface area contributed by atoms with Gasteiger partial charge in [0.25, 0.3) is 0 Å². The van der Waals surface area contributed by atoms with Crippen LogP contribution in [0.4, 0.5) is 8.78 Å². The number of halogens is 2. The van der Waals surface area contributed by atoms with Crippen molar-refractivity contribution in [2.45, 2.75) is 19.1 Å². The van der Waals surface area contributed by atoms with Gasteiger partial charge in [-0.3, -0.25) is 4.90 Å². The van der Waals surface area contributed by atoms with Gasteiger partial charge in [-0.2, -0.15) is 0 Å². The molecule has 1 aromatic carbocycles. The molecule has 2 rings (SSSR count). The lowest BCUT2D eigenvalue weighted by molar-refractivity contribution is -0.187. The van der Waals surface area contributed by atoms with E-state index in [1.807, 2.05) is 11.8 Å². The summed E-state index contributed by atoms with van der Waals surface area (Å²) < 4.78 is 25.7. The third kappa shape index (κ3) is 1.54. The number of benzene rings is 1. The molecule has 2 nitrogen and oxygen atoms in total. The molecule has 1 aliphatic rings. The van der Waals surface area contributed by atoms with E-state index in [0.717, 1.165) is 18.7 Å². The van der Waals surface area contributed by atoms with Gasteiger partial charge in [0.05, 0.1) is 0 Å². The molecular weight excluding hydrogens is 200 g/mol. The van der Waals surface area contributed by atoms with E-state index in [0.29, 0.717) is 18.5 Å². The molecule has 0 amide bonds. The first-order valence-corrected chi connectivity index (χ1v) is 5.01. The average Bonchev–Trinajstić information content (AvgIpc) is 2.20. The Morgan fingerprint density at radius 2 is 2.13 bits per heavy atom. The van der Waals surface area contributed by atoms with Crippen LogP contribution in [0.5, 0.6) is 0 Å². The lowest BCUT2D eigenvalue weighted by Crippen LogP contribution is -2.57. The molecule has 4 heteroatoms. The molecule has 1 heterocycles. The summed E-state index contributed by atoms with van der Waals surface area (Å²) in [6.07, 6.45) is 0.561. The second-order valence-electron chi connectivity index (χ2n) is 3.78. The zero-order chi connectivity index (χ0) is 11.1. The molecule has 0 aromatic heterocycles. The summed E-state index contributed by atoms with van der Waals surface area (Å²) in [5, 5.41) is 10.2. The fraction of sp³-hybridized carbons (Fsp3) is 0.455. The quantitative estimate of drug-likeness (QED) is 0.810. The predicted octanol–water partition coefficient (Wildman–Crippen LogP) is 1.84. The van der Waals surface area contributed by atoms with Crippen LogP contribution in [-0.4, -0.2) is 23.1 Å². The topological polar surface area (TPSA) is 23.5 Å². The molecule has 1 aromatic rings. The van der Waals surface area contributed by atoms with Gasteiger partial charge < -0.3 is 5.11 Å². The van der Waals surface area contributed by atoms with Gasteiger partial charge in [0.1, 0.15) is 5.72 Å². The molecule has 1 unspecified atom stereocenters. The van der Waals surface area contributed by atoms with Gasteiger partial charge in [-0.05, 0) is 18.7 Å². The van der Waals surface area contributed by atoms with Crippen molar-refractivity contribution in [3.05, 3.63) is 35.4 Å². The number of aliphatic hydroxyl groups is 1. The molecule has 1 N–H and O–H groups in total. The van der Waals surface area contributed by atoms with E-state index in [4.69, 9.17) is 0 Å². The summed E-state index contributed by atoms with van der Waals surface area (Å²) in [4.78, 5) is 1.82. The van der Waals surface area contributed by atoms with E-state index < -0.39 is 17.4 Å². The lowest BCUT2D eigenvalue weighted by Gasteiger charge is -2.48. The van der Waals surface area contributed by atoms with Gasteiger partial charge >= 0.3 is 0 Å². The SMILES string of the molecule is CCN1CCC1(O)c1ccc(F)c(F)c1. The number of likely N-dealkylation sites (tertiary alicyclic amines) is 1. The van der Waals surface area contributed by atoms with E-state index in [9.17, 15) is 13.9 Å². The fourth-order valence-electron chi connectivity index (χ4n) is 1.97. The number of hydrogen-bond donors (Lipinski definition) is 1. The first-order chi connectivity index (χ1) is 7.08. The molecule has 1 aliphatic heterocycles. The molecule has 0 bridgehead atoms. The van der Waals surface area contributed by atoms with Gasteiger partial charge in [-0.25, -0.2) is 8.78 Å². The van der Waals surface area contributed by atoms with Crippen LogP contribution in [0.25, 0.3) is 0 Å². The van der Waals surface area contributed by atoms with Crippen LogP contribution in [0.2, 0.25) is 0 Å². The molecule has 0 aliphatic carbocycles. The molecule has 1 fully saturated rings. The van der Waals surface area contributed by atoms with Crippen LogP contribution in [-0.2, 0) is 5.72 Å². The van der Waals surface area contributed by atoms with Gasteiger partial charge in [0.15, 0.2) is 11.6 Å². The second kappa shape index (κ2) is 3.54. The summed E-state index contributed by atoms with van der Waals surface area (Å²) in [6, 6.07) is 3.55. The highest BCUT2D eigenvalue weighted by Gasteiger charge is 2.43. The van der Waals surface area contributed by atoms with Crippen LogP contribution < -0.4 is 0 Å². The van der Waals surface area contributed by atoms with Crippen molar-refractivity contribution in [3.63, 3.8) is 0 Å². The molecule has 15 heavy (non-hydrogen) atoms. The maximum Gasteiger partial charge on any atom is 0.159 e. The minimum absolute atomic E-state index is 0.425. The predicted molar refractivity (Wildman–Crippen MR) is 52.1 cm³/mol. The van der Waals surface area contributed by atoms with Crippen LogP contribution in [0.15, 0.2) is 18.2 Å². The fourth-order valence-corrected chi connectivity index (χ4v) is 1.97. The largest absolute Gasteiger partial charge is 0.371 e. The minimum Gasteiger partial charge on any atom is -0.371 e. The van der Waals surface area contributed by atoms with Crippen LogP contribution in [0.3, 0.4) is 0 Å². The molecule has 82 valence electrons. The van der Waals surface area contributed by atoms with Crippen molar-refractivity contribution >= 4 is 0 Å². The third-order valence-corrected chi connectivity index (χ3v) is 3.02. The van der Waals surface area contributed by atoms with Gasteiger partial charge in [-0.15, -0.1) is 0 Å². The van der Waals surface area contributed by atoms with Crippen molar-refractivity contribution in [1.29, 1.82) is 0 Å². The van der Waals surface area contributed by atoms with E-state index in [1.54, 1.807) is 0 Å². The minimum atomic E-state index is -1.11. The van der Waals surface area contributed by atoms with Gasteiger partial charge in [0, 0.05) is 18.5 Å². The molecule has 1 saturated heterocycles. The molecule has 0 spiro atoms. The van der Waals surface area contributed by atoms with Crippen LogP contribution in [0, 0.1) is 11.6 Å². The van der Waals surface area contributed by atoms with Crippen molar-refractivity contribution in [2.75, 3.05) is 13.1 Å². The van der Waals surface area contributed by atoms with Crippen LogP contribution in [0.1, 0.15) is 18.9 Å². The standard InChI is InChI=1S/C11H13F2NO/c1-2-14-6-5-11(14,15)8-3-4-9(12)10(13)7-8/h3-4,7,15H,2,5-6H2,1H3. The van der Waals surface area contributed by atoms with Crippen molar-refractivity contribution in [2.24, 2.45) is 0 Å². The first kappa shape index (κ1) is 10.5. The zero-order valence-corrected chi connectivity index (χ0v) is 8.50. The summed E-state index contributed by atoms with van der Waals surface area (Å²) in [6.45, 7) is 3.39. The Balaban J connectivity index is 2.33. The Labute approximate surface area is 87.1 Å². The highest BCUT2D eigenvalue weighted by molar-refractivity contribution is 5.25. The zero-order valence-electron chi connectivity index (χ0n) is 8.50. The Bertz CT molecular complexity index is 381. The first-order valence-electron chi connectivity index (χ1n) is 5.01. The summed E-state index contributed by atoms with van der Waals surface area (Å²) in [7, 11) is 0. The average molecular weight is 213 g/mol. The Hall–Kier alpha value is -1.00. The Kier molecular flexibility index (Phi) is 2.48. The molecular formula is C11H13F2NO. The maximum atomic E-state index is 13.0. The van der Waals surface area contributed by atoms with E-state index in [2.05, 4.69) is 0 Å². The lowest BCUT2D eigenvalue weighted by atomic mass is 9.90. The number of nitrogens with zero attached hydrogens (tertiary/aromatic N) is 1. The highest BCUT2D eigenvalue weighted by atomic mass is 19.2.